The van der Waals surface area contributed by atoms with Gasteiger partial charge in [0.15, 0.2) is 0 Å². The predicted octanol–water partition coefficient (Wildman–Crippen LogP) is 3.78. The Bertz CT molecular complexity index is 584. The van der Waals surface area contributed by atoms with Crippen LogP contribution in [0.1, 0.15) is 11.1 Å². The van der Waals surface area contributed by atoms with Gasteiger partial charge in [0.1, 0.15) is 23.1 Å². The molecule has 0 saturated heterocycles. The average molecular weight is 263 g/mol. The average Bonchev–Trinajstić information content (AvgIpc) is 2.32. The fourth-order valence-corrected chi connectivity index (χ4v) is 1.84. The lowest BCUT2D eigenvalue weighted by Gasteiger charge is -2.10. The van der Waals surface area contributed by atoms with Crippen LogP contribution in [0.2, 0.25) is 0 Å². The van der Waals surface area contributed by atoms with E-state index in [9.17, 15) is 8.78 Å². The molecule has 0 amide bonds. The van der Waals surface area contributed by atoms with E-state index in [0.717, 1.165) is 5.56 Å². The summed E-state index contributed by atoms with van der Waals surface area (Å²) >= 11 is 0. The van der Waals surface area contributed by atoms with Crippen molar-refractivity contribution in [1.29, 1.82) is 0 Å². The molecule has 2 nitrogen and oxygen atoms in total. The number of halogens is 2. The fraction of sp³-hybridized carbons (Fsp3) is 0.200. The van der Waals surface area contributed by atoms with E-state index >= 15 is 0 Å². The van der Waals surface area contributed by atoms with Gasteiger partial charge in [0.05, 0.1) is 0 Å². The van der Waals surface area contributed by atoms with Crippen LogP contribution in [0.15, 0.2) is 36.4 Å². The summed E-state index contributed by atoms with van der Waals surface area (Å²) in [5.41, 5.74) is 1.46. The summed E-state index contributed by atoms with van der Waals surface area (Å²) in [4.78, 5) is 0. The van der Waals surface area contributed by atoms with E-state index < -0.39 is 0 Å². The van der Waals surface area contributed by atoms with Gasteiger partial charge in [-0.1, -0.05) is 0 Å². The first-order chi connectivity index (χ1) is 9.08. The van der Waals surface area contributed by atoms with E-state index in [1.807, 2.05) is 0 Å². The van der Waals surface area contributed by atoms with Gasteiger partial charge in [0.25, 0.3) is 0 Å². The molecule has 1 N–H and O–H groups in total. The van der Waals surface area contributed by atoms with E-state index in [-0.39, 0.29) is 11.6 Å². The zero-order valence-electron chi connectivity index (χ0n) is 10.8. The van der Waals surface area contributed by atoms with Crippen LogP contribution in [-0.4, -0.2) is 7.05 Å². The second-order valence-corrected chi connectivity index (χ2v) is 4.34. The van der Waals surface area contributed by atoms with Crippen LogP contribution in [0.5, 0.6) is 11.5 Å². The summed E-state index contributed by atoms with van der Waals surface area (Å²) in [6, 6.07) is 8.73. The van der Waals surface area contributed by atoms with Gasteiger partial charge in [-0.15, -0.1) is 0 Å². The van der Waals surface area contributed by atoms with Crippen LogP contribution in [-0.2, 0) is 6.54 Å². The van der Waals surface area contributed by atoms with Gasteiger partial charge < -0.3 is 10.1 Å². The summed E-state index contributed by atoms with van der Waals surface area (Å²) in [6.45, 7) is 2.29. The maximum absolute atomic E-state index is 13.5. The Hall–Kier alpha value is -1.94. The van der Waals surface area contributed by atoms with Crippen molar-refractivity contribution < 1.29 is 13.5 Å². The molecule has 0 saturated carbocycles. The van der Waals surface area contributed by atoms with Gasteiger partial charge in [0.2, 0.25) is 0 Å². The normalized spacial score (nSPS) is 10.5. The molecule has 0 aromatic heterocycles. The lowest BCUT2D eigenvalue weighted by molar-refractivity contribution is 0.469. The Kier molecular flexibility index (Phi) is 4.12. The van der Waals surface area contributed by atoms with Gasteiger partial charge in [0, 0.05) is 12.6 Å². The molecule has 4 heteroatoms. The van der Waals surface area contributed by atoms with Crippen molar-refractivity contribution in [3.8, 4) is 11.5 Å². The Morgan fingerprint density at radius 3 is 2.53 bits per heavy atom. The van der Waals surface area contributed by atoms with Crippen LogP contribution in [0.4, 0.5) is 8.78 Å². The number of hydrogen-bond donors (Lipinski definition) is 1. The molecular formula is C15H15F2NO. The van der Waals surface area contributed by atoms with Crippen LogP contribution in [0, 0.1) is 18.6 Å². The first-order valence-electron chi connectivity index (χ1n) is 5.96. The molecule has 0 atom stereocenters. The van der Waals surface area contributed by atoms with Crippen molar-refractivity contribution in [3.05, 3.63) is 59.2 Å². The quantitative estimate of drug-likeness (QED) is 0.906. The van der Waals surface area contributed by atoms with Crippen LogP contribution < -0.4 is 10.1 Å². The Morgan fingerprint density at radius 2 is 1.84 bits per heavy atom. The van der Waals surface area contributed by atoms with Crippen molar-refractivity contribution >= 4 is 0 Å². The lowest BCUT2D eigenvalue weighted by Crippen LogP contribution is -2.05. The number of nitrogens with one attached hydrogen (secondary N) is 1. The van der Waals surface area contributed by atoms with Crippen molar-refractivity contribution in [2.24, 2.45) is 0 Å². The molecule has 19 heavy (non-hydrogen) atoms. The number of rotatable bonds is 4. The van der Waals surface area contributed by atoms with Gasteiger partial charge >= 0.3 is 0 Å². The molecule has 0 bridgehead atoms. The third-order valence-corrected chi connectivity index (χ3v) is 2.68. The van der Waals surface area contributed by atoms with Gasteiger partial charge in [-0.25, -0.2) is 8.78 Å². The van der Waals surface area contributed by atoms with Gasteiger partial charge in [-0.3, -0.25) is 0 Å². The molecule has 100 valence electrons. The summed E-state index contributed by atoms with van der Waals surface area (Å²) in [5, 5.41) is 2.95. The van der Waals surface area contributed by atoms with Crippen molar-refractivity contribution in [3.63, 3.8) is 0 Å². The molecular weight excluding hydrogens is 248 g/mol. The molecule has 2 aromatic rings. The zero-order chi connectivity index (χ0) is 13.8. The minimum absolute atomic E-state index is 0.319. The van der Waals surface area contributed by atoms with Crippen LogP contribution in [0.25, 0.3) is 0 Å². The second-order valence-electron chi connectivity index (χ2n) is 4.34. The summed E-state index contributed by atoms with van der Waals surface area (Å²) in [7, 11) is 1.79. The molecule has 0 aliphatic carbocycles. The first kappa shape index (κ1) is 13.5. The van der Waals surface area contributed by atoms with E-state index in [0.29, 0.717) is 23.6 Å². The smallest absolute Gasteiger partial charge is 0.130 e. The SMILES string of the molecule is CNCc1cc(F)cc(Oc2ccc(F)cc2C)c1. The van der Waals surface area contributed by atoms with Crippen molar-refractivity contribution in [1.82, 2.24) is 5.32 Å². The standard InChI is InChI=1S/C15H15F2NO/c1-10-5-12(16)3-4-15(10)19-14-7-11(9-18-2)6-13(17)8-14/h3-8,18H,9H2,1-2H3. The van der Waals surface area contributed by atoms with E-state index in [1.165, 1.54) is 30.3 Å². The van der Waals surface area contributed by atoms with Crippen LogP contribution >= 0.6 is 0 Å². The molecule has 2 aromatic carbocycles. The lowest BCUT2D eigenvalue weighted by atomic mass is 10.2. The Balaban J connectivity index is 2.27. The van der Waals surface area contributed by atoms with Gasteiger partial charge in [-0.2, -0.15) is 0 Å². The molecule has 2 rings (SSSR count). The third kappa shape index (κ3) is 3.51. The van der Waals surface area contributed by atoms with E-state index in [1.54, 1.807) is 20.0 Å². The maximum atomic E-state index is 13.5. The number of benzene rings is 2. The van der Waals surface area contributed by atoms with E-state index in [2.05, 4.69) is 5.32 Å². The minimum Gasteiger partial charge on any atom is -0.457 e. The molecule has 0 heterocycles. The van der Waals surface area contributed by atoms with Crippen molar-refractivity contribution in [2.75, 3.05) is 7.05 Å². The zero-order valence-corrected chi connectivity index (χ0v) is 10.8. The summed E-state index contributed by atoms with van der Waals surface area (Å²) < 4.78 is 32.0. The van der Waals surface area contributed by atoms with Crippen LogP contribution in [0.3, 0.4) is 0 Å². The maximum Gasteiger partial charge on any atom is 0.130 e. The highest BCUT2D eigenvalue weighted by Gasteiger charge is 2.06. The highest BCUT2D eigenvalue weighted by molar-refractivity contribution is 5.38. The number of ether oxygens (including phenoxy) is 1. The fourth-order valence-electron chi connectivity index (χ4n) is 1.84. The molecule has 0 fully saturated rings. The highest BCUT2D eigenvalue weighted by Crippen LogP contribution is 2.27. The summed E-state index contributed by atoms with van der Waals surface area (Å²) in [6.07, 6.45) is 0. The Morgan fingerprint density at radius 1 is 1.05 bits per heavy atom. The van der Waals surface area contributed by atoms with Crippen molar-refractivity contribution in [2.45, 2.75) is 13.5 Å². The minimum atomic E-state index is -0.359. The molecule has 0 aliphatic rings. The monoisotopic (exact) mass is 263 g/mol. The predicted molar refractivity (Wildman–Crippen MR) is 70.4 cm³/mol. The largest absolute Gasteiger partial charge is 0.457 e. The molecule has 0 radical (unpaired) electrons. The molecule has 0 aliphatic heterocycles. The molecule has 0 unspecified atom stereocenters. The number of aryl methyl sites for hydroxylation is 1. The first-order valence-corrected chi connectivity index (χ1v) is 5.96. The highest BCUT2D eigenvalue weighted by atomic mass is 19.1. The topological polar surface area (TPSA) is 21.3 Å². The van der Waals surface area contributed by atoms with E-state index in [4.69, 9.17) is 4.74 Å². The third-order valence-electron chi connectivity index (χ3n) is 2.68. The summed E-state index contributed by atoms with van der Waals surface area (Å²) in [5.74, 6) is 0.241. The number of hydrogen-bond acceptors (Lipinski definition) is 2. The van der Waals surface area contributed by atoms with Gasteiger partial charge in [-0.05, 0) is 55.4 Å². The second kappa shape index (κ2) is 5.80. The Labute approximate surface area is 111 Å². The molecule has 0 spiro atoms.